The second kappa shape index (κ2) is 7.45. The third kappa shape index (κ3) is 3.74. The monoisotopic (exact) mass is 325 g/mol. The van der Waals surface area contributed by atoms with E-state index in [4.69, 9.17) is 4.74 Å². The van der Waals surface area contributed by atoms with Crippen molar-refractivity contribution in [1.82, 2.24) is 14.8 Å². The lowest BCUT2D eigenvalue weighted by Crippen LogP contribution is -2.48. The van der Waals surface area contributed by atoms with Crippen molar-refractivity contribution in [2.24, 2.45) is 0 Å². The van der Waals surface area contributed by atoms with Crippen LogP contribution in [0.3, 0.4) is 0 Å². The van der Waals surface area contributed by atoms with Crippen molar-refractivity contribution in [3.05, 3.63) is 59.3 Å². The maximum Gasteiger partial charge on any atom is 0.255 e. The van der Waals surface area contributed by atoms with Crippen molar-refractivity contribution >= 4 is 5.91 Å². The van der Waals surface area contributed by atoms with Crippen molar-refractivity contribution in [1.29, 1.82) is 0 Å². The van der Waals surface area contributed by atoms with Crippen LogP contribution in [-0.4, -0.2) is 54.0 Å². The highest BCUT2D eigenvalue weighted by Gasteiger charge is 2.22. The third-order valence-corrected chi connectivity index (χ3v) is 4.51. The molecule has 1 aliphatic rings. The second-order valence-electron chi connectivity index (χ2n) is 6.08. The minimum Gasteiger partial charge on any atom is -0.481 e. The Balaban J connectivity index is 1.56. The minimum absolute atomic E-state index is 0.0423. The van der Waals surface area contributed by atoms with Crippen LogP contribution < -0.4 is 4.74 Å². The van der Waals surface area contributed by atoms with E-state index in [9.17, 15) is 4.79 Å². The number of amides is 1. The number of piperazine rings is 1. The van der Waals surface area contributed by atoms with Crippen molar-refractivity contribution in [2.45, 2.75) is 13.5 Å². The molecule has 0 unspecified atom stereocenters. The van der Waals surface area contributed by atoms with Gasteiger partial charge in [-0.2, -0.15) is 0 Å². The van der Waals surface area contributed by atoms with Crippen LogP contribution in [0, 0.1) is 6.92 Å². The number of hydrogen-bond donors (Lipinski definition) is 0. The Morgan fingerprint density at radius 3 is 2.50 bits per heavy atom. The second-order valence-corrected chi connectivity index (χ2v) is 6.08. The molecule has 0 spiro atoms. The number of hydrogen-bond acceptors (Lipinski definition) is 4. The number of ether oxygens (including phenoxy) is 1. The van der Waals surface area contributed by atoms with Gasteiger partial charge in [-0.1, -0.05) is 24.3 Å². The number of pyridine rings is 1. The van der Waals surface area contributed by atoms with Crippen LogP contribution in [0.25, 0.3) is 0 Å². The molecule has 126 valence electrons. The fourth-order valence-corrected chi connectivity index (χ4v) is 2.95. The van der Waals surface area contributed by atoms with Gasteiger partial charge in [-0.3, -0.25) is 9.69 Å². The van der Waals surface area contributed by atoms with Crippen LogP contribution in [0.15, 0.2) is 42.6 Å². The predicted molar refractivity (Wildman–Crippen MR) is 93.1 cm³/mol. The molecule has 3 rings (SSSR count). The summed E-state index contributed by atoms with van der Waals surface area (Å²) >= 11 is 0. The van der Waals surface area contributed by atoms with Gasteiger partial charge in [0, 0.05) is 45.0 Å². The Labute approximate surface area is 142 Å². The molecule has 5 heteroatoms. The number of benzene rings is 1. The molecule has 0 aliphatic carbocycles. The molecule has 5 nitrogen and oxygen atoms in total. The first kappa shape index (κ1) is 16.5. The highest BCUT2D eigenvalue weighted by molar-refractivity contribution is 5.94. The van der Waals surface area contributed by atoms with E-state index in [1.807, 2.05) is 4.90 Å². The van der Waals surface area contributed by atoms with E-state index < -0.39 is 0 Å². The van der Waals surface area contributed by atoms with Gasteiger partial charge in [-0.25, -0.2) is 4.98 Å². The largest absolute Gasteiger partial charge is 0.481 e. The Morgan fingerprint density at radius 1 is 1.12 bits per heavy atom. The summed E-state index contributed by atoms with van der Waals surface area (Å²) in [5, 5.41) is 0. The van der Waals surface area contributed by atoms with E-state index in [1.54, 1.807) is 25.4 Å². The van der Waals surface area contributed by atoms with E-state index in [1.165, 1.54) is 11.1 Å². The fraction of sp³-hybridized carbons (Fsp3) is 0.368. The summed E-state index contributed by atoms with van der Waals surface area (Å²) in [6, 6.07) is 12.0. The van der Waals surface area contributed by atoms with E-state index in [2.05, 4.69) is 41.1 Å². The lowest BCUT2D eigenvalue weighted by atomic mass is 10.1. The summed E-state index contributed by atoms with van der Waals surface area (Å²) in [5.74, 6) is 0.565. The van der Waals surface area contributed by atoms with Crippen LogP contribution in [-0.2, 0) is 6.54 Å². The normalized spacial score (nSPS) is 15.3. The van der Waals surface area contributed by atoms with Crippen LogP contribution in [0.5, 0.6) is 5.88 Å². The minimum atomic E-state index is 0.0423. The number of rotatable bonds is 4. The van der Waals surface area contributed by atoms with Gasteiger partial charge in [0.25, 0.3) is 5.91 Å². The van der Waals surface area contributed by atoms with Crippen molar-refractivity contribution in [2.75, 3.05) is 33.3 Å². The van der Waals surface area contributed by atoms with Crippen LogP contribution >= 0.6 is 0 Å². The van der Waals surface area contributed by atoms with Crippen LogP contribution in [0.1, 0.15) is 21.5 Å². The number of nitrogens with zero attached hydrogens (tertiary/aromatic N) is 3. The number of methoxy groups -OCH3 is 1. The maximum atomic E-state index is 12.5. The Kier molecular flexibility index (Phi) is 5.11. The molecule has 0 atom stereocenters. The topological polar surface area (TPSA) is 45.7 Å². The molecule has 0 saturated carbocycles. The summed E-state index contributed by atoms with van der Waals surface area (Å²) < 4.78 is 5.03. The van der Waals surface area contributed by atoms with E-state index in [0.29, 0.717) is 11.4 Å². The number of aromatic nitrogens is 1. The van der Waals surface area contributed by atoms with Gasteiger partial charge in [0.15, 0.2) is 0 Å². The molecule has 1 aromatic heterocycles. The molecule has 1 saturated heterocycles. The maximum absolute atomic E-state index is 12.5. The summed E-state index contributed by atoms with van der Waals surface area (Å²) in [6.07, 6.45) is 1.58. The number of aryl methyl sites for hydroxylation is 1. The number of carbonyl (C=O) groups excluding carboxylic acids is 1. The molecule has 1 amide bonds. The van der Waals surface area contributed by atoms with E-state index in [0.717, 1.165) is 32.7 Å². The van der Waals surface area contributed by atoms with Gasteiger partial charge in [-0.05, 0) is 24.1 Å². The smallest absolute Gasteiger partial charge is 0.255 e. The zero-order chi connectivity index (χ0) is 16.9. The fourth-order valence-electron chi connectivity index (χ4n) is 2.95. The molecule has 2 aromatic rings. The highest BCUT2D eigenvalue weighted by Crippen LogP contribution is 2.14. The predicted octanol–water partition coefficient (Wildman–Crippen LogP) is 2.36. The van der Waals surface area contributed by atoms with Crippen molar-refractivity contribution in [3.63, 3.8) is 0 Å². The first-order chi connectivity index (χ1) is 11.7. The quantitative estimate of drug-likeness (QED) is 0.866. The molecule has 2 heterocycles. The van der Waals surface area contributed by atoms with Gasteiger partial charge in [-0.15, -0.1) is 0 Å². The zero-order valence-electron chi connectivity index (χ0n) is 14.2. The van der Waals surface area contributed by atoms with Gasteiger partial charge in [0.2, 0.25) is 5.88 Å². The molecular weight excluding hydrogens is 302 g/mol. The average molecular weight is 325 g/mol. The molecule has 1 aliphatic heterocycles. The van der Waals surface area contributed by atoms with Crippen molar-refractivity contribution in [3.8, 4) is 5.88 Å². The SMILES string of the molecule is COc1ccc(C(=O)N2CCN(Cc3ccccc3C)CC2)cn1. The van der Waals surface area contributed by atoms with E-state index in [-0.39, 0.29) is 5.91 Å². The third-order valence-electron chi connectivity index (χ3n) is 4.51. The Hall–Kier alpha value is -2.40. The molecular formula is C19H23N3O2. The molecule has 0 radical (unpaired) electrons. The first-order valence-electron chi connectivity index (χ1n) is 8.23. The molecule has 0 bridgehead atoms. The van der Waals surface area contributed by atoms with Crippen molar-refractivity contribution < 1.29 is 9.53 Å². The molecule has 24 heavy (non-hydrogen) atoms. The zero-order valence-corrected chi connectivity index (χ0v) is 14.2. The standard InChI is InChI=1S/C19H23N3O2/c1-15-5-3-4-6-17(15)14-21-9-11-22(12-10-21)19(23)16-7-8-18(24-2)20-13-16/h3-8,13H,9-12,14H2,1-2H3. The average Bonchev–Trinajstić information content (AvgIpc) is 2.64. The van der Waals surface area contributed by atoms with Crippen LogP contribution in [0.4, 0.5) is 0 Å². The first-order valence-corrected chi connectivity index (χ1v) is 8.23. The summed E-state index contributed by atoms with van der Waals surface area (Å²) in [5.41, 5.74) is 3.29. The van der Waals surface area contributed by atoms with Crippen LogP contribution in [0.2, 0.25) is 0 Å². The lowest BCUT2D eigenvalue weighted by molar-refractivity contribution is 0.0627. The summed E-state index contributed by atoms with van der Waals surface area (Å²) in [6.45, 7) is 6.37. The van der Waals surface area contributed by atoms with Gasteiger partial charge >= 0.3 is 0 Å². The summed E-state index contributed by atoms with van der Waals surface area (Å²) in [7, 11) is 1.57. The molecule has 1 aromatic carbocycles. The Bertz CT molecular complexity index is 692. The van der Waals surface area contributed by atoms with Gasteiger partial charge < -0.3 is 9.64 Å². The van der Waals surface area contributed by atoms with Gasteiger partial charge in [0.1, 0.15) is 0 Å². The number of carbonyl (C=O) groups is 1. The molecule has 1 fully saturated rings. The highest BCUT2D eigenvalue weighted by atomic mass is 16.5. The lowest BCUT2D eigenvalue weighted by Gasteiger charge is -2.35. The summed E-state index contributed by atoms with van der Waals surface area (Å²) in [4.78, 5) is 21.0. The van der Waals surface area contributed by atoms with E-state index >= 15 is 0 Å². The van der Waals surface area contributed by atoms with Gasteiger partial charge in [0.05, 0.1) is 12.7 Å². The molecule has 0 N–H and O–H groups in total. The Morgan fingerprint density at radius 2 is 1.88 bits per heavy atom.